The first-order valence-electron chi connectivity index (χ1n) is 11.7. The van der Waals surface area contributed by atoms with Crippen molar-refractivity contribution in [1.29, 1.82) is 0 Å². The van der Waals surface area contributed by atoms with E-state index in [4.69, 9.17) is 4.74 Å². The molecule has 186 valence electrons. The maximum absolute atomic E-state index is 13.1. The van der Waals surface area contributed by atoms with Crippen molar-refractivity contribution in [3.8, 4) is 5.75 Å². The molecule has 0 aromatic heterocycles. The van der Waals surface area contributed by atoms with Crippen LogP contribution in [0.15, 0.2) is 47.4 Å². The fourth-order valence-electron chi connectivity index (χ4n) is 4.25. The van der Waals surface area contributed by atoms with Crippen molar-refractivity contribution >= 4 is 33.4 Å². The Kier molecular flexibility index (Phi) is 7.23. The van der Waals surface area contributed by atoms with E-state index in [9.17, 15) is 22.8 Å². The normalized spacial score (nSPS) is 16.5. The Labute approximate surface area is 205 Å². The lowest BCUT2D eigenvalue weighted by atomic mass is 10.1. The molecule has 0 unspecified atom stereocenters. The van der Waals surface area contributed by atoms with E-state index >= 15 is 0 Å². The molecule has 2 aromatic carbocycles. The lowest BCUT2D eigenvalue weighted by Gasteiger charge is -2.26. The van der Waals surface area contributed by atoms with Crippen LogP contribution in [-0.4, -0.2) is 61.1 Å². The second-order valence-corrected chi connectivity index (χ2v) is 10.8. The molecule has 35 heavy (non-hydrogen) atoms. The molecule has 0 bridgehead atoms. The monoisotopic (exact) mass is 499 g/mol. The molecule has 1 saturated heterocycles. The Bertz CT molecular complexity index is 1220. The fraction of sp³-hybridized carbons (Fsp3) is 0.400. The number of carbonyl (C=O) groups excluding carboxylic acids is 3. The van der Waals surface area contributed by atoms with Gasteiger partial charge in [-0.15, -0.1) is 0 Å². The van der Waals surface area contributed by atoms with Crippen LogP contribution in [-0.2, 0) is 14.8 Å². The Morgan fingerprint density at radius 1 is 1.00 bits per heavy atom. The van der Waals surface area contributed by atoms with Gasteiger partial charge < -0.3 is 10.1 Å². The first kappa shape index (κ1) is 24.9. The average molecular weight is 500 g/mol. The molecule has 3 amide bonds. The third kappa shape index (κ3) is 5.23. The van der Waals surface area contributed by atoms with Crippen molar-refractivity contribution in [3.05, 3.63) is 53.6 Å². The van der Waals surface area contributed by atoms with E-state index in [0.29, 0.717) is 30.0 Å². The van der Waals surface area contributed by atoms with Gasteiger partial charge in [-0.25, -0.2) is 8.42 Å². The van der Waals surface area contributed by atoms with Gasteiger partial charge in [0.15, 0.2) is 0 Å². The van der Waals surface area contributed by atoms with Gasteiger partial charge in [0, 0.05) is 26.1 Å². The summed E-state index contributed by atoms with van der Waals surface area (Å²) in [6, 6.07) is 11.0. The van der Waals surface area contributed by atoms with Crippen LogP contribution >= 0.6 is 0 Å². The highest BCUT2D eigenvalue weighted by molar-refractivity contribution is 7.89. The number of sulfonamides is 1. The predicted molar refractivity (Wildman–Crippen MR) is 130 cm³/mol. The maximum Gasteiger partial charge on any atom is 0.261 e. The van der Waals surface area contributed by atoms with Crippen molar-refractivity contribution in [2.24, 2.45) is 0 Å². The summed E-state index contributed by atoms with van der Waals surface area (Å²) in [5.74, 6) is -0.997. The van der Waals surface area contributed by atoms with Crippen LogP contribution in [0, 0.1) is 0 Å². The van der Waals surface area contributed by atoms with Crippen LogP contribution in [0.4, 0.5) is 5.69 Å². The van der Waals surface area contributed by atoms with Crippen molar-refractivity contribution < 1.29 is 27.5 Å². The third-order valence-electron chi connectivity index (χ3n) is 5.98. The van der Waals surface area contributed by atoms with Crippen LogP contribution in [0.5, 0.6) is 5.75 Å². The van der Waals surface area contributed by atoms with E-state index in [1.165, 1.54) is 22.5 Å². The van der Waals surface area contributed by atoms with E-state index in [1.54, 1.807) is 24.3 Å². The number of rotatable bonds is 8. The van der Waals surface area contributed by atoms with Crippen LogP contribution in [0.25, 0.3) is 0 Å². The first-order chi connectivity index (χ1) is 16.7. The highest BCUT2D eigenvalue weighted by Gasteiger charge is 2.35. The Morgan fingerprint density at radius 3 is 2.23 bits per heavy atom. The molecular formula is C25H29N3O6S. The summed E-state index contributed by atoms with van der Waals surface area (Å²) in [6.07, 6.45) is 2.29. The van der Waals surface area contributed by atoms with Crippen molar-refractivity contribution in [3.63, 3.8) is 0 Å². The highest BCUT2D eigenvalue weighted by Crippen LogP contribution is 2.31. The number of carbonyl (C=O) groups is 3. The molecule has 10 heteroatoms. The van der Waals surface area contributed by atoms with Gasteiger partial charge in [-0.2, -0.15) is 4.31 Å². The van der Waals surface area contributed by atoms with E-state index < -0.39 is 27.7 Å². The number of anilines is 1. The molecule has 2 aliphatic rings. The van der Waals surface area contributed by atoms with Gasteiger partial charge in [-0.3, -0.25) is 19.3 Å². The third-order valence-corrected chi connectivity index (χ3v) is 7.88. The molecule has 2 aliphatic heterocycles. The number of ether oxygens (including phenoxy) is 1. The summed E-state index contributed by atoms with van der Waals surface area (Å²) in [5.41, 5.74) is 0.867. The minimum atomic E-state index is -3.71. The second kappa shape index (κ2) is 10.2. The molecule has 0 atom stereocenters. The van der Waals surface area contributed by atoms with E-state index in [0.717, 1.165) is 24.2 Å². The molecule has 9 nitrogen and oxygen atoms in total. The van der Waals surface area contributed by atoms with Crippen molar-refractivity contribution in [2.75, 3.05) is 25.0 Å². The number of piperidine rings is 1. The molecule has 0 aliphatic carbocycles. The second-order valence-electron chi connectivity index (χ2n) is 8.90. The van der Waals surface area contributed by atoms with Gasteiger partial charge in [0.25, 0.3) is 11.8 Å². The van der Waals surface area contributed by atoms with E-state index in [2.05, 4.69) is 5.32 Å². The Morgan fingerprint density at radius 2 is 1.63 bits per heavy atom. The SMILES string of the molecule is CC(C)Oc1ccc(S(=O)(=O)N2CCCCC2)cc1NC(=O)CCN1C(=O)c2ccccc2C1=O. The number of fused-ring (bicyclic) bond motifs is 1. The number of nitrogens with zero attached hydrogens (tertiary/aromatic N) is 2. The minimum Gasteiger partial charge on any atom is -0.489 e. The van der Waals surface area contributed by atoms with Gasteiger partial charge in [-0.05, 0) is 57.0 Å². The number of hydrogen-bond acceptors (Lipinski definition) is 6. The molecule has 0 saturated carbocycles. The molecule has 0 spiro atoms. The standard InChI is InChI=1S/C25H29N3O6S/c1-17(2)34-22-11-10-18(35(32,33)27-13-6-3-7-14-27)16-21(22)26-23(29)12-15-28-24(30)19-8-4-5-9-20(19)25(28)31/h4-5,8-11,16-17H,3,6-7,12-15H2,1-2H3,(H,26,29). The summed E-state index contributed by atoms with van der Waals surface area (Å²) in [6.45, 7) is 4.49. The molecule has 2 aromatic rings. The average Bonchev–Trinajstić information content (AvgIpc) is 3.08. The molecule has 4 rings (SSSR count). The molecule has 0 radical (unpaired) electrons. The van der Waals surface area contributed by atoms with Crippen LogP contribution in [0.1, 0.15) is 60.2 Å². The van der Waals surface area contributed by atoms with Gasteiger partial charge in [-0.1, -0.05) is 18.6 Å². The zero-order chi connectivity index (χ0) is 25.2. The lowest BCUT2D eigenvalue weighted by molar-refractivity contribution is -0.116. The Hall–Kier alpha value is -3.24. The summed E-state index contributed by atoms with van der Waals surface area (Å²) < 4.78 is 33.5. The number of nitrogens with one attached hydrogen (secondary N) is 1. The largest absolute Gasteiger partial charge is 0.489 e. The Balaban J connectivity index is 1.50. The van der Waals surface area contributed by atoms with Gasteiger partial charge in [0.05, 0.1) is 27.8 Å². The molecule has 1 fully saturated rings. The molecule has 2 heterocycles. The smallest absolute Gasteiger partial charge is 0.261 e. The zero-order valence-corrected chi connectivity index (χ0v) is 20.6. The summed E-state index contributed by atoms with van der Waals surface area (Å²) >= 11 is 0. The summed E-state index contributed by atoms with van der Waals surface area (Å²) in [5, 5.41) is 2.71. The number of benzene rings is 2. The van der Waals surface area contributed by atoms with Crippen molar-refractivity contribution in [2.45, 2.75) is 50.5 Å². The van der Waals surface area contributed by atoms with Crippen LogP contribution in [0.3, 0.4) is 0 Å². The highest BCUT2D eigenvalue weighted by atomic mass is 32.2. The minimum absolute atomic E-state index is 0.0751. The van der Waals surface area contributed by atoms with Crippen LogP contribution < -0.4 is 10.1 Å². The lowest BCUT2D eigenvalue weighted by Crippen LogP contribution is -2.35. The van der Waals surface area contributed by atoms with Crippen LogP contribution in [0.2, 0.25) is 0 Å². The quantitative estimate of drug-likeness (QED) is 0.558. The number of hydrogen-bond donors (Lipinski definition) is 1. The molecular weight excluding hydrogens is 470 g/mol. The molecule has 1 N–H and O–H groups in total. The van der Waals surface area contributed by atoms with Gasteiger partial charge >= 0.3 is 0 Å². The predicted octanol–water partition coefficient (Wildman–Crippen LogP) is 3.27. The summed E-state index contributed by atoms with van der Waals surface area (Å²) in [7, 11) is -3.71. The van der Waals surface area contributed by atoms with Gasteiger partial charge in [0.1, 0.15) is 5.75 Å². The number of imide groups is 1. The topological polar surface area (TPSA) is 113 Å². The van der Waals surface area contributed by atoms with Crippen molar-refractivity contribution in [1.82, 2.24) is 9.21 Å². The fourth-order valence-corrected chi connectivity index (χ4v) is 5.79. The zero-order valence-electron chi connectivity index (χ0n) is 19.8. The van der Waals surface area contributed by atoms with E-state index in [-0.39, 0.29) is 29.7 Å². The summed E-state index contributed by atoms with van der Waals surface area (Å²) in [4.78, 5) is 39.0. The first-order valence-corrected chi connectivity index (χ1v) is 13.2. The maximum atomic E-state index is 13.1. The number of amides is 3. The van der Waals surface area contributed by atoms with Gasteiger partial charge in [0.2, 0.25) is 15.9 Å². The van der Waals surface area contributed by atoms with E-state index in [1.807, 2.05) is 13.8 Å².